The molecule has 38 heavy (non-hydrogen) atoms. The third kappa shape index (κ3) is 5.85. The summed E-state index contributed by atoms with van der Waals surface area (Å²) in [6.45, 7) is 2.53. The number of nitrogens with two attached hydrogens (primary N) is 1. The molecule has 1 unspecified atom stereocenters. The number of aryl methyl sites for hydroxylation is 1. The van der Waals surface area contributed by atoms with Crippen molar-refractivity contribution in [2.24, 2.45) is 12.8 Å². The molecule has 202 valence electrons. The molecule has 2 aromatic heterocycles. The number of aliphatic hydroxyl groups is 1. The van der Waals surface area contributed by atoms with Crippen LogP contribution < -0.4 is 21.3 Å². The van der Waals surface area contributed by atoms with Gasteiger partial charge in [0.1, 0.15) is 5.82 Å². The summed E-state index contributed by atoms with van der Waals surface area (Å²) in [6.07, 6.45) is -1.32. The van der Waals surface area contributed by atoms with Gasteiger partial charge in [0.05, 0.1) is 18.1 Å². The van der Waals surface area contributed by atoms with Gasteiger partial charge in [-0.15, -0.1) is 0 Å². The van der Waals surface area contributed by atoms with E-state index in [1.807, 2.05) is 11.8 Å². The summed E-state index contributed by atoms with van der Waals surface area (Å²) >= 11 is 0. The average Bonchev–Trinajstić information content (AvgIpc) is 3.28. The predicted molar refractivity (Wildman–Crippen MR) is 132 cm³/mol. The number of primary amides is 1. The van der Waals surface area contributed by atoms with Crippen LogP contribution in [0.15, 0.2) is 42.9 Å². The van der Waals surface area contributed by atoms with Crippen molar-refractivity contribution < 1.29 is 27.9 Å². The second kappa shape index (κ2) is 10.7. The van der Waals surface area contributed by atoms with E-state index in [9.17, 15) is 27.9 Å². The lowest BCUT2D eigenvalue weighted by Gasteiger charge is -2.40. The van der Waals surface area contributed by atoms with Gasteiger partial charge >= 0.3 is 6.18 Å². The Kier molecular flexibility index (Phi) is 7.53. The Bertz CT molecular complexity index is 1310. The van der Waals surface area contributed by atoms with Crippen LogP contribution in [0.25, 0.3) is 0 Å². The number of anilines is 3. The number of alkyl halides is 3. The van der Waals surface area contributed by atoms with Crippen molar-refractivity contribution in [3.05, 3.63) is 59.7 Å². The molecule has 3 aromatic rings. The number of hydrogen-bond acceptors (Lipinski definition) is 8. The largest absolute Gasteiger partial charge is 0.418 e. The summed E-state index contributed by atoms with van der Waals surface area (Å²) in [5.74, 6) is -0.562. The number of benzene rings is 1. The van der Waals surface area contributed by atoms with E-state index in [1.165, 1.54) is 18.3 Å². The lowest BCUT2D eigenvalue weighted by Crippen LogP contribution is -2.54. The van der Waals surface area contributed by atoms with E-state index in [0.29, 0.717) is 24.5 Å². The lowest BCUT2D eigenvalue weighted by atomic mass is 9.96. The topological polar surface area (TPSA) is 151 Å². The third-order valence-electron chi connectivity index (χ3n) is 6.36. The molecule has 0 bridgehead atoms. The fourth-order valence-corrected chi connectivity index (χ4v) is 4.33. The van der Waals surface area contributed by atoms with E-state index in [-0.39, 0.29) is 34.7 Å². The molecule has 1 aromatic carbocycles. The van der Waals surface area contributed by atoms with E-state index in [1.54, 1.807) is 24.1 Å². The highest BCUT2D eigenvalue weighted by Crippen LogP contribution is 2.32. The van der Waals surface area contributed by atoms with Crippen molar-refractivity contribution in [2.45, 2.75) is 44.1 Å². The molecule has 1 aliphatic rings. The van der Waals surface area contributed by atoms with Crippen LogP contribution in [0.2, 0.25) is 0 Å². The predicted octanol–water partition coefficient (Wildman–Crippen LogP) is 2.44. The smallest absolute Gasteiger partial charge is 0.379 e. The Morgan fingerprint density at radius 2 is 1.92 bits per heavy atom. The second-order valence-electron chi connectivity index (χ2n) is 9.04. The van der Waals surface area contributed by atoms with Crippen LogP contribution in [0.1, 0.15) is 52.3 Å². The molecule has 3 atom stereocenters. The minimum absolute atomic E-state index is 0.0359. The average molecular weight is 533 g/mol. The van der Waals surface area contributed by atoms with Crippen molar-refractivity contribution in [2.75, 3.05) is 16.8 Å². The number of carbonyl (C=O) groups is 2. The van der Waals surface area contributed by atoms with Gasteiger partial charge < -0.3 is 26.4 Å². The molecular formula is C24H27F3N8O3. The third-order valence-corrected chi connectivity index (χ3v) is 6.36. The Balaban J connectivity index is 1.49. The van der Waals surface area contributed by atoms with Crippen molar-refractivity contribution in [3.8, 4) is 0 Å². The Labute approximate surface area is 215 Å². The molecule has 14 heteroatoms. The first-order valence-electron chi connectivity index (χ1n) is 11.8. The van der Waals surface area contributed by atoms with Gasteiger partial charge in [-0.2, -0.15) is 18.3 Å². The number of amides is 2. The summed E-state index contributed by atoms with van der Waals surface area (Å²) in [5, 5.41) is 19.4. The number of hydrogen-bond donors (Lipinski definition) is 4. The van der Waals surface area contributed by atoms with Gasteiger partial charge in [0.25, 0.3) is 11.8 Å². The van der Waals surface area contributed by atoms with Gasteiger partial charge in [-0.25, -0.2) is 9.97 Å². The fraction of sp³-hybridized carbons (Fsp3) is 0.375. The maximum Gasteiger partial charge on any atom is 0.418 e. The molecule has 2 amide bonds. The minimum atomic E-state index is -4.79. The number of piperidine rings is 1. The van der Waals surface area contributed by atoms with Crippen LogP contribution in [0.5, 0.6) is 0 Å². The summed E-state index contributed by atoms with van der Waals surface area (Å²) < 4.78 is 39.8. The quantitative estimate of drug-likeness (QED) is 0.362. The van der Waals surface area contributed by atoms with Crippen molar-refractivity contribution in [1.29, 1.82) is 0 Å². The molecule has 0 aliphatic carbocycles. The highest BCUT2D eigenvalue weighted by Gasteiger charge is 2.39. The number of halogens is 3. The van der Waals surface area contributed by atoms with Crippen LogP contribution >= 0.6 is 0 Å². The first-order valence-corrected chi connectivity index (χ1v) is 11.8. The van der Waals surface area contributed by atoms with Gasteiger partial charge in [0, 0.05) is 37.4 Å². The Morgan fingerprint density at radius 1 is 1.21 bits per heavy atom. The SMILES string of the molecule is C[C@@H]1[C@H](NC(=O)c2ccc(C(O)C(F)(F)F)cc2)CCCN1c1cnc(C(N)=O)c(Nc2cnn(C)c2)n1. The number of nitrogens with one attached hydrogen (secondary N) is 2. The van der Waals surface area contributed by atoms with Gasteiger partial charge in [0.15, 0.2) is 17.6 Å². The van der Waals surface area contributed by atoms with Gasteiger partial charge in [-0.05, 0) is 37.5 Å². The Morgan fingerprint density at radius 3 is 2.53 bits per heavy atom. The minimum Gasteiger partial charge on any atom is -0.379 e. The maximum atomic E-state index is 12.8. The van der Waals surface area contributed by atoms with Gasteiger partial charge in [-0.1, -0.05) is 12.1 Å². The molecule has 1 fully saturated rings. The highest BCUT2D eigenvalue weighted by atomic mass is 19.4. The molecule has 3 heterocycles. The number of carbonyl (C=O) groups excluding carboxylic acids is 2. The molecule has 1 aliphatic heterocycles. The zero-order valence-electron chi connectivity index (χ0n) is 20.6. The zero-order chi connectivity index (χ0) is 27.6. The molecule has 5 N–H and O–H groups in total. The van der Waals surface area contributed by atoms with Gasteiger partial charge in [-0.3, -0.25) is 14.3 Å². The van der Waals surface area contributed by atoms with E-state index in [4.69, 9.17) is 5.73 Å². The van der Waals surface area contributed by atoms with Crippen LogP contribution in [-0.2, 0) is 7.05 Å². The highest BCUT2D eigenvalue weighted by molar-refractivity contribution is 5.96. The number of nitrogens with zero attached hydrogens (tertiary/aromatic N) is 5. The molecule has 0 radical (unpaired) electrons. The standard InChI is InChI=1S/C24H27F3N8O3/c1-13-17(32-23(38)15-7-5-14(6-8-15)20(36)24(25,26)27)4-3-9-35(13)18-11-29-19(21(28)37)22(33-18)31-16-10-30-34(2)12-16/h5-8,10-13,17,20,36H,3-4,9H2,1-2H3,(H2,28,37)(H,31,33)(H,32,38)/t13-,17-,20?/m1/s1. The monoisotopic (exact) mass is 532 g/mol. The maximum absolute atomic E-state index is 12.8. The molecule has 0 saturated carbocycles. The van der Waals surface area contributed by atoms with Crippen molar-refractivity contribution >= 4 is 29.1 Å². The Hall–Kier alpha value is -4.20. The van der Waals surface area contributed by atoms with Gasteiger partial charge in [0.2, 0.25) is 0 Å². The lowest BCUT2D eigenvalue weighted by molar-refractivity contribution is -0.206. The second-order valence-corrected chi connectivity index (χ2v) is 9.04. The number of rotatable bonds is 7. The summed E-state index contributed by atoms with van der Waals surface area (Å²) in [6, 6.07) is 4.13. The van der Waals surface area contributed by atoms with Crippen LogP contribution in [0.3, 0.4) is 0 Å². The van der Waals surface area contributed by atoms with E-state index < -0.39 is 24.1 Å². The van der Waals surface area contributed by atoms with Crippen LogP contribution in [0, 0.1) is 0 Å². The summed E-state index contributed by atoms with van der Waals surface area (Å²) in [5.41, 5.74) is 5.85. The van der Waals surface area contributed by atoms with E-state index in [0.717, 1.165) is 18.6 Å². The summed E-state index contributed by atoms with van der Waals surface area (Å²) in [4.78, 5) is 35.5. The zero-order valence-corrected chi connectivity index (χ0v) is 20.6. The number of aromatic nitrogens is 4. The van der Waals surface area contributed by atoms with E-state index >= 15 is 0 Å². The molecular weight excluding hydrogens is 505 g/mol. The first kappa shape index (κ1) is 26.9. The molecule has 11 nitrogen and oxygen atoms in total. The first-order chi connectivity index (χ1) is 17.9. The number of aliphatic hydroxyl groups excluding tert-OH is 1. The molecule has 4 rings (SSSR count). The van der Waals surface area contributed by atoms with Crippen molar-refractivity contribution in [1.82, 2.24) is 25.1 Å². The normalized spacial score (nSPS) is 18.6. The van der Waals surface area contributed by atoms with Crippen molar-refractivity contribution in [3.63, 3.8) is 0 Å². The fourth-order valence-electron chi connectivity index (χ4n) is 4.33. The molecule has 0 spiro atoms. The van der Waals surface area contributed by atoms with Crippen LogP contribution in [-0.4, -0.2) is 61.5 Å². The van der Waals surface area contributed by atoms with E-state index in [2.05, 4.69) is 25.7 Å². The molecule has 1 saturated heterocycles. The summed E-state index contributed by atoms with van der Waals surface area (Å²) in [7, 11) is 1.74. The van der Waals surface area contributed by atoms with Crippen LogP contribution in [0.4, 0.5) is 30.5 Å².